The highest BCUT2D eigenvalue weighted by Gasteiger charge is 2.18. The molecule has 17 heavy (non-hydrogen) atoms. The molecule has 1 N–H and O–H groups in total. The number of rotatable bonds is 1. The van der Waals surface area contributed by atoms with Crippen molar-refractivity contribution in [2.75, 3.05) is 5.32 Å². The van der Waals surface area contributed by atoms with Gasteiger partial charge in [-0.25, -0.2) is 0 Å². The minimum atomic E-state index is 0.430. The molecule has 0 radical (unpaired) electrons. The van der Waals surface area contributed by atoms with Crippen molar-refractivity contribution < 1.29 is 0 Å². The fourth-order valence-corrected chi connectivity index (χ4v) is 3.41. The summed E-state index contributed by atoms with van der Waals surface area (Å²) < 4.78 is 0. The maximum atomic E-state index is 4.66. The zero-order valence-electron chi connectivity index (χ0n) is 10.9. The lowest BCUT2D eigenvalue weighted by Gasteiger charge is -2.23. The van der Waals surface area contributed by atoms with Crippen LogP contribution in [0.1, 0.15) is 31.4 Å². The fraction of sp³-hybridized carbons (Fsp3) is 0.500. The standard InChI is InChI=1S/C14H20N2S/c1-9-5-10(2)7-13(6-9)16-14-15-11(3)8-12(4)17-14/h5-7,11-12H,8H2,1-4H3,(H,15,16). The van der Waals surface area contributed by atoms with Crippen molar-refractivity contribution in [2.45, 2.75) is 45.4 Å². The summed E-state index contributed by atoms with van der Waals surface area (Å²) in [4.78, 5) is 4.66. The minimum Gasteiger partial charge on any atom is -0.335 e. The molecular weight excluding hydrogens is 228 g/mol. The Kier molecular flexibility index (Phi) is 3.77. The van der Waals surface area contributed by atoms with Crippen molar-refractivity contribution in [2.24, 2.45) is 4.99 Å². The highest BCUT2D eigenvalue weighted by Crippen LogP contribution is 2.26. The smallest absolute Gasteiger partial charge is 0.161 e. The predicted molar refractivity (Wildman–Crippen MR) is 78.1 cm³/mol. The third kappa shape index (κ3) is 3.50. The predicted octanol–water partition coefficient (Wildman–Crippen LogP) is 3.99. The SMILES string of the molecule is Cc1cc(C)cc(NC2=NC(C)CC(C)S2)c1. The van der Waals surface area contributed by atoms with Crippen LogP contribution in [0, 0.1) is 13.8 Å². The molecule has 0 bridgehead atoms. The Bertz CT molecular complexity index is 420. The van der Waals surface area contributed by atoms with Gasteiger partial charge in [0.05, 0.1) is 6.04 Å². The van der Waals surface area contributed by atoms with E-state index in [0.29, 0.717) is 11.3 Å². The number of nitrogens with zero attached hydrogens (tertiary/aromatic N) is 1. The van der Waals surface area contributed by atoms with E-state index in [1.54, 1.807) is 0 Å². The highest BCUT2D eigenvalue weighted by molar-refractivity contribution is 8.14. The Hall–Kier alpha value is -0.960. The number of anilines is 1. The first-order chi connectivity index (χ1) is 8.02. The zero-order valence-corrected chi connectivity index (χ0v) is 11.8. The first kappa shape index (κ1) is 12.5. The molecule has 1 aliphatic heterocycles. The minimum absolute atomic E-state index is 0.430. The third-order valence-corrected chi connectivity index (χ3v) is 3.82. The van der Waals surface area contributed by atoms with Crippen LogP contribution in [0.4, 0.5) is 5.69 Å². The van der Waals surface area contributed by atoms with Crippen molar-refractivity contribution in [3.8, 4) is 0 Å². The van der Waals surface area contributed by atoms with E-state index in [1.807, 2.05) is 11.8 Å². The van der Waals surface area contributed by atoms with Crippen molar-refractivity contribution in [3.63, 3.8) is 0 Å². The molecular formula is C14H20N2S. The fourth-order valence-electron chi connectivity index (χ4n) is 2.23. The van der Waals surface area contributed by atoms with Crippen LogP contribution in [0.5, 0.6) is 0 Å². The summed E-state index contributed by atoms with van der Waals surface area (Å²) in [7, 11) is 0. The van der Waals surface area contributed by atoms with Crippen LogP contribution in [0.25, 0.3) is 0 Å². The zero-order chi connectivity index (χ0) is 12.4. The van der Waals surface area contributed by atoms with E-state index >= 15 is 0 Å². The van der Waals surface area contributed by atoms with Gasteiger partial charge >= 0.3 is 0 Å². The Balaban J connectivity index is 2.15. The molecule has 0 saturated carbocycles. The van der Waals surface area contributed by atoms with Gasteiger partial charge in [-0.3, -0.25) is 4.99 Å². The van der Waals surface area contributed by atoms with Crippen LogP contribution in [0.2, 0.25) is 0 Å². The summed E-state index contributed by atoms with van der Waals surface area (Å²) >= 11 is 1.84. The normalized spacial score (nSPS) is 24.4. The molecule has 1 aromatic carbocycles. The van der Waals surface area contributed by atoms with Crippen LogP contribution in [-0.2, 0) is 0 Å². The van der Waals surface area contributed by atoms with Gasteiger partial charge in [0, 0.05) is 10.9 Å². The molecule has 2 unspecified atom stereocenters. The number of benzene rings is 1. The Morgan fingerprint density at radius 1 is 1.18 bits per heavy atom. The van der Waals surface area contributed by atoms with E-state index in [0.717, 1.165) is 10.9 Å². The highest BCUT2D eigenvalue weighted by atomic mass is 32.2. The summed E-state index contributed by atoms with van der Waals surface area (Å²) in [5.74, 6) is 0. The summed E-state index contributed by atoms with van der Waals surface area (Å²) in [5, 5.41) is 5.14. The van der Waals surface area contributed by atoms with Crippen molar-refractivity contribution in [1.82, 2.24) is 0 Å². The maximum Gasteiger partial charge on any atom is 0.161 e. The van der Waals surface area contributed by atoms with Crippen LogP contribution in [-0.4, -0.2) is 16.5 Å². The van der Waals surface area contributed by atoms with E-state index < -0.39 is 0 Å². The molecule has 0 amide bonds. The Morgan fingerprint density at radius 2 is 1.82 bits per heavy atom. The van der Waals surface area contributed by atoms with Gasteiger partial charge in [0.1, 0.15) is 0 Å². The maximum absolute atomic E-state index is 4.66. The Labute approximate surface area is 108 Å². The first-order valence-corrected chi connectivity index (χ1v) is 7.00. The van der Waals surface area contributed by atoms with Crippen molar-refractivity contribution in [3.05, 3.63) is 29.3 Å². The van der Waals surface area contributed by atoms with Gasteiger partial charge in [0.15, 0.2) is 5.17 Å². The first-order valence-electron chi connectivity index (χ1n) is 6.12. The quantitative estimate of drug-likeness (QED) is 0.812. The molecule has 2 nitrogen and oxygen atoms in total. The van der Waals surface area contributed by atoms with Gasteiger partial charge in [-0.1, -0.05) is 24.8 Å². The molecule has 1 aliphatic rings. The van der Waals surface area contributed by atoms with Crippen molar-refractivity contribution in [1.29, 1.82) is 0 Å². The van der Waals surface area contributed by atoms with E-state index in [2.05, 4.69) is 56.2 Å². The third-order valence-electron chi connectivity index (χ3n) is 2.80. The number of aryl methyl sites for hydroxylation is 2. The Morgan fingerprint density at radius 3 is 2.41 bits per heavy atom. The molecule has 2 rings (SSSR count). The van der Waals surface area contributed by atoms with Gasteiger partial charge < -0.3 is 5.32 Å². The second-order valence-corrected chi connectivity index (χ2v) is 6.38. The number of hydrogen-bond acceptors (Lipinski definition) is 3. The topological polar surface area (TPSA) is 24.4 Å². The molecule has 0 aromatic heterocycles. The van der Waals surface area contributed by atoms with E-state index in [9.17, 15) is 0 Å². The van der Waals surface area contributed by atoms with Crippen LogP contribution in [0.3, 0.4) is 0 Å². The summed E-state index contributed by atoms with van der Waals surface area (Å²) in [6.07, 6.45) is 1.17. The number of aliphatic imine (C=N–C) groups is 1. The largest absolute Gasteiger partial charge is 0.335 e. The monoisotopic (exact) mass is 248 g/mol. The summed E-state index contributed by atoms with van der Waals surface area (Å²) in [5.41, 5.74) is 3.72. The van der Waals surface area contributed by atoms with E-state index in [4.69, 9.17) is 0 Å². The molecule has 0 fully saturated rings. The lowest BCUT2D eigenvalue weighted by molar-refractivity contribution is 0.661. The number of nitrogens with one attached hydrogen (secondary N) is 1. The van der Waals surface area contributed by atoms with Crippen LogP contribution < -0.4 is 5.32 Å². The van der Waals surface area contributed by atoms with E-state index in [1.165, 1.54) is 17.5 Å². The van der Waals surface area contributed by atoms with Gasteiger partial charge in [0.2, 0.25) is 0 Å². The van der Waals surface area contributed by atoms with Crippen molar-refractivity contribution >= 4 is 22.6 Å². The number of hydrogen-bond donors (Lipinski definition) is 1. The van der Waals surface area contributed by atoms with Gasteiger partial charge in [-0.15, -0.1) is 0 Å². The number of thioether (sulfide) groups is 1. The summed E-state index contributed by atoms with van der Waals surface area (Å²) in [6, 6.07) is 6.95. The van der Waals surface area contributed by atoms with E-state index in [-0.39, 0.29) is 0 Å². The molecule has 1 aromatic rings. The lowest BCUT2D eigenvalue weighted by Crippen LogP contribution is -2.22. The molecule has 0 spiro atoms. The van der Waals surface area contributed by atoms with Gasteiger partial charge in [-0.2, -0.15) is 0 Å². The second kappa shape index (κ2) is 5.13. The van der Waals surface area contributed by atoms with Gasteiger partial charge in [0.25, 0.3) is 0 Å². The molecule has 0 aliphatic carbocycles. The molecule has 0 saturated heterocycles. The lowest BCUT2D eigenvalue weighted by atomic mass is 10.1. The summed E-state index contributed by atoms with van der Waals surface area (Å²) in [6.45, 7) is 8.69. The molecule has 3 heteroatoms. The van der Waals surface area contributed by atoms with Crippen LogP contribution in [0.15, 0.2) is 23.2 Å². The van der Waals surface area contributed by atoms with Crippen LogP contribution >= 0.6 is 11.8 Å². The second-order valence-electron chi connectivity index (χ2n) is 4.95. The molecule has 1 heterocycles. The molecule has 2 atom stereocenters. The average Bonchev–Trinajstić information content (AvgIpc) is 2.13. The average molecular weight is 248 g/mol. The molecule has 92 valence electrons. The van der Waals surface area contributed by atoms with Gasteiger partial charge in [-0.05, 0) is 50.5 Å². The number of amidine groups is 1.